The molecule has 0 amide bonds. The minimum absolute atomic E-state index is 0. The zero-order valence-electron chi connectivity index (χ0n) is 18.2. The number of guanidine groups is 1. The van der Waals surface area contributed by atoms with E-state index in [9.17, 15) is 0 Å². The SMILES string of the molecule is CCNC(=NCc1ccc(OC)c(OC)c1)NCCc1cnn(-c2ccccc2)c1.I. The summed E-state index contributed by atoms with van der Waals surface area (Å²) >= 11 is 0. The Kier molecular flexibility index (Phi) is 10.2. The summed E-state index contributed by atoms with van der Waals surface area (Å²) in [4.78, 5) is 4.68. The van der Waals surface area contributed by atoms with E-state index in [0.717, 1.165) is 36.7 Å². The van der Waals surface area contributed by atoms with Gasteiger partial charge >= 0.3 is 0 Å². The predicted molar refractivity (Wildman–Crippen MR) is 135 cm³/mol. The number of benzene rings is 2. The average Bonchev–Trinajstić information content (AvgIpc) is 3.26. The van der Waals surface area contributed by atoms with E-state index >= 15 is 0 Å². The van der Waals surface area contributed by atoms with Gasteiger partial charge in [-0.15, -0.1) is 24.0 Å². The van der Waals surface area contributed by atoms with Gasteiger partial charge < -0.3 is 20.1 Å². The van der Waals surface area contributed by atoms with Gasteiger partial charge in [0.25, 0.3) is 0 Å². The van der Waals surface area contributed by atoms with Gasteiger partial charge in [-0.05, 0) is 48.7 Å². The van der Waals surface area contributed by atoms with Gasteiger partial charge in [-0.3, -0.25) is 0 Å². The van der Waals surface area contributed by atoms with Crippen LogP contribution in [-0.4, -0.2) is 43.0 Å². The molecule has 2 N–H and O–H groups in total. The number of nitrogens with zero attached hydrogens (tertiary/aromatic N) is 3. The molecule has 3 aromatic rings. The van der Waals surface area contributed by atoms with Gasteiger partial charge in [0.1, 0.15) is 0 Å². The smallest absolute Gasteiger partial charge is 0.191 e. The fraction of sp³-hybridized carbons (Fsp3) is 0.304. The summed E-state index contributed by atoms with van der Waals surface area (Å²) in [5, 5.41) is 11.1. The maximum atomic E-state index is 5.37. The molecule has 0 saturated carbocycles. The fourth-order valence-corrected chi connectivity index (χ4v) is 3.03. The van der Waals surface area contributed by atoms with Crippen molar-refractivity contribution in [3.8, 4) is 17.2 Å². The van der Waals surface area contributed by atoms with Gasteiger partial charge in [0.2, 0.25) is 0 Å². The van der Waals surface area contributed by atoms with Crippen molar-refractivity contribution in [3.63, 3.8) is 0 Å². The van der Waals surface area contributed by atoms with Crippen LogP contribution in [-0.2, 0) is 13.0 Å². The molecule has 1 aromatic heterocycles. The largest absolute Gasteiger partial charge is 0.493 e. The van der Waals surface area contributed by atoms with Crippen LogP contribution in [0.2, 0.25) is 0 Å². The summed E-state index contributed by atoms with van der Waals surface area (Å²) < 4.78 is 12.5. The Morgan fingerprint density at radius 3 is 2.48 bits per heavy atom. The molecule has 7 nitrogen and oxygen atoms in total. The lowest BCUT2D eigenvalue weighted by Crippen LogP contribution is -2.38. The van der Waals surface area contributed by atoms with Crippen molar-refractivity contribution in [2.45, 2.75) is 19.9 Å². The third-order valence-electron chi connectivity index (χ3n) is 4.57. The highest BCUT2D eigenvalue weighted by molar-refractivity contribution is 14.0. The third-order valence-corrected chi connectivity index (χ3v) is 4.57. The molecule has 31 heavy (non-hydrogen) atoms. The number of rotatable bonds is 9. The zero-order chi connectivity index (χ0) is 21.2. The van der Waals surface area contributed by atoms with E-state index in [2.05, 4.69) is 33.8 Å². The number of nitrogens with one attached hydrogen (secondary N) is 2. The lowest BCUT2D eigenvalue weighted by Gasteiger charge is -2.12. The van der Waals surface area contributed by atoms with E-state index in [1.54, 1.807) is 14.2 Å². The molecule has 3 rings (SSSR count). The van der Waals surface area contributed by atoms with E-state index in [1.165, 1.54) is 5.56 Å². The summed E-state index contributed by atoms with van der Waals surface area (Å²) in [6.45, 7) is 4.15. The first-order valence-corrected chi connectivity index (χ1v) is 10.1. The van der Waals surface area contributed by atoms with Gasteiger partial charge in [-0.25, -0.2) is 9.67 Å². The maximum Gasteiger partial charge on any atom is 0.191 e. The Labute approximate surface area is 200 Å². The highest BCUT2D eigenvalue weighted by Gasteiger charge is 2.05. The van der Waals surface area contributed by atoms with Crippen LogP contribution < -0.4 is 20.1 Å². The van der Waals surface area contributed by atoms with Crippen LogP contribution in [0.25, 0.3) is 5.69 Å². The summed E-state index contributed by atoms with van der Waals surface area (Å²) in [5.74, 6) is 2.20. The van der Waals surface area contributed by atoms with Gasteiger partial charge in [0.05, 0.1) is 32.6 Å². The molecule has 0 spiro atoms. The van der Waals surface area contributed by atoms with Crippen LogP contribution in [0.1, 0.15) is 18.1 Å². The average molecular weight is 535 g/mol. The van der Waals surface area contributed by atoms with Crippen LogP contribution in [0.4, 0.5) is 0 Å². The molecule has 0 unspecified atom stereocenters. The van der Waals surface area contributed by atoms with E-state index in [0.29, 0.717) is 18.0 Å². The van der Waals surface area contributed by atoms with Crippen LogP contribution >= 0.6 is 24.0 Å². The van der Waals surface area contributed by atoms with Crippen molar-refractivity contribution in [2.75, 3.05) is 27.3 Å². The molecule has 0 fully saturated rings. The second-order valence-electron chi connectivity index (χ2n) is 6.69. The molecule has 0 aliphatic heterocycles. The van der Waals surface area contributed by atoms with Crippen molar-refractivity contribution in [1.29, 1.82) is 0 Å². The molecular weight excluding hydrogens is 505 g/mol. The zero-order valence-corrected chi connectivity index (χ0v) is 20.5. The third kappa shape index (κ3) is 7.16. The molecule has 0 radical (unpaired) electrons. The summed E-state index contributed by atoms with van der Waals surface area (Å²) in [6.07, 6.45) is 4.82. The lowest BCUT2D eigenvalue weighted by atomic mass is 10.2. The predicted octanol–water partition coefficient (Wildman–Crippen LogP) is 3.81. The second-order valence-corrected chi connectivity index (χ2v) is 6.69. The first kappa shape index (κ1) is 24.5. The first-order valence-electron chi connectivity index (χ1n) is 10.1. The summed E-state index contributed by atoms with van der Waals surface area (Å²) in [7, 11) is 3.27. The van der Waals surface area contributed by atoms with Crippen LogP contribution in [0.5, 0.6) is 11.5 Å². The van der Waals surface area contributed by atoms with Crippen molar-refractivity contribution < 1.29 is 9.47 Å². The molecule has 0 saturated heterocycles. The fourth-order valence-electron chi connectivity index (χ4n) is 3.03. The topological polar surface area (TPSA) is 72.7 Å². The van der Waals surface area contributed by atoms with E-state index in [-0.39, 0.29) is 24.0 Å². The van der Waals surface area contributed by atoms with E-state index in [4.69, 9.17) is 9.47 Å². The van der Waals surface area contributed by atoms with Gasteiger partial charge in [-0.2, -0.15) is 5.10 Å². The molecule has 0 bridgehead atoms. The number of aliphatic imine (C=N–C) groups is 1. The number of hydrogen-bond donors (Lipinski definition) is 2. The summed E-state index contributed by atoms with van der Waals surface area (Å²) in [6, 6.07) is 15.9. The second kappa shape index (κ2) is 12.8. The van der Waals surface area contributed by atoms with E-state index < -0.39 is 0 Å². The molecule has 2 aromatic carbocycles. The Balaban J connectivity index is 0.00000341. The normalized spacial score (nSPS) is 10.9. The first-order chi connectivity index (χ1) is 14.7. The Morgan fingerprint density at radius 2 is 1.77 bits per heavy atom. The van der Waals surface area contributed by atoms with Crippen molar-refractivity contribution in [2.24, 2.45) is 4.99 Å². The molecular formula is C23H30IN5O2. The van der Waals surface area contributed by atoms with E-state index in [1.807, 2.05) is 59.4 Å². The van der Waals surface area contributed by atoms with Crippen molar-refractivity contribution >= 4 is 29.9 Å². The summed E-state index contributed by atoms with van der Waals surface area (Å²) in [5.41, 5.74) is 3.28. The monoisotopic (exact) mass is 535 g/mol. The Bertz CT molecular complexity index is 960. The van der Waals surface area contributed by atoms with Crippen molar-refractivity contribution in [3.05, 3.63) is 72.1 Å². The van der Waals surface area contributed by atoms with Gasteiger partial charge in [0, 0.05) is 19.3 Å². The highest BCUT2D eigenvalue weighted by Crippen LogP contribution is 2.27. The quantitative estimate of drug-likeness (QED) is 0.248. The number of para-hydroxylation sites is 1. The molecule has 0 aliphatic carbocycles. The number of halogens is 1. The standard InChI is InChI=1S/C23H29N5O2.HI/c1-4-24-23(26-15-18-10-11-21(29-2)22(14-18)30-3)25-13-12-19-16-27-28(17-19)20-8-6-5-7-9-20;/h5-11,14,16-17H,4,12-13,15H2,1-3H3,(H2,24,25,26);1H. The minimum Gasteiger partial charge on any atom is -0.493 e. The molecule has 1 heterocycles. The number of ether oxygens (including phenoxy) is 2. The number of hydrogen-bond acceptors (Lipinski definition) is 4. The van der Waals surface area contributed by atoms with Crippen molar-refractivity contribution in [1.82, 2.24) is 20.4 Å². The number of aromatic nitrogens is 2. The Morgan fingerprint density at radius 1 is 1.00 bits per heavy atom. The maximum absolute atomic E-state index is 5.37. The molecule has 166 valence electrons. The lowest BCUT2D eigenvalue weighted by molar-refractivity contribution is 0.354. The Hall–Kier alpha value is -2.75. The van der Waals surface area contributed by atoms with Crippen LogP contribution in [0.3, 0.4) is 0 Å². The highest BCUT2D eigenvalue weighted by atomic mass is 127. The van der Waals surface area contributed by atoms with Crippen LogP contribution in [0.15, 0.2) is 65.9 Å². The molecule has 0 aliphatic rings. The minimum atomic E-state index is 0. The van der Waals surface area contributed by atoms with Gasteiger partial charge in [0.15, 0.2) is 17.5 Å². The molecule has 8 heteroatoms. The number of methoxy groups -OCH3 is 2. The van der Waals surface area contributed by atoms with Crippen LogP contribution in [0, 0.1) is 0 Å². The van der Waals surface area contributed by atoms with Gasteiger partial charge in [-0.1, -0.05) is 24.3 Å². The molecule has 0 atom stereocenters.